The van der Waals surface area contributed by atoms with Gasteiger partial charge in [-0.05, 0) is 12.8 Å². The van der Waals surface area contributed by atoms with Crippen molar-refractivity contribution in [1.82, 2.24) is 9.55 Å². The van der Waals surface area contributed by atoms with Crippen LogP contribution in [0, 0.1) is 0 Å². The van der Waals surface area contributed by atoms with Crippen molar-refractivity contribution in [2.24, 2.45) is 0 Å². The number of imidazole rings is 1. The van der Waals surface area contributed by atoms with Crippen molar-refractivity contribution in [3.05, 3.63) is 18.7 Å². The van der Waals surface area contributed by atoms with Crippen molar-refractivity contribution in [3.63, 3.8) is 0 Å². The highest BCUT2D eigenvalue weighted by molar-refractivity contribution is 7.85. The monoisotopic (exact) mass is 302 g/mol. The maximum Gasteiger partial charge on any atom is 0.394 e. The van der Waals surface area contributed by atoms with Gasteiger partial charge >= 0.3 is 10.4 Å². The Kier molecular flexibility index (Phi) is 7.01. The topological polar surface area (TPSA) is 147 Å². The van der Waals surface area contributed by atoms with Crippen LogP contribution in [0.4, 0.5) is 0 Å². The lowest BCUT2D eigenvalue weighted by atomic mass is 10.3. The highest BCUT2D eigenvalue weighted by atomic mass is 32.3. The first kappa shape index (κ1) is 17.0. The molecule has 0 saturated carbocycles. The minimum absolute atomic E-state index is 0.165. The summed E-state index contributed by atoms with van der Waals surface area (Å²) in [6.45, 7) is 0.732. The maximum atomic E-state index is 10.3. The van der Waals surface area contributed by atoms with Gasteiger partial charge < -0.3 is 4.57 Å². The second-order valence-corrected chi connectivity index (χ2v) is 5.71. The van der Waals surface area contributed by atoms with E-state index in [2.05, 4.69) is 4.98 Å². The molecule has 0 aliphatic carbocycles. The molecule has 0 aliphatic heterocycles. The van der Waals surface area contributed by atoms with Crippen molar-refractivity contribution in [3.8, 4) is 0 Å². The highest BCUT2D eigenvalue weighted by Crippen LogP contribution is 1.97. The second-order valence-electron chi connectivity index (χ2n) is 3.24. The van der Waals surface area contributed by atoms with Crippen molar-refractivity contribution in [1.29, 1.82) is 0 Å². The van der Waals surface area contributed by atoms with Crippen LogP contribution in [0.2, 0.25) is 0 Å². The Morgan fingerprint density at radius 1 is 1.06 bits per heavy atom. The van der Waals surface area contributed by atoms with Crippen molar-refractivity contribution >= 4 is 20.5 Å². The SMILES string of the molecule is O=S(=O)(O)CCCCn1ccnc1.O=S(=O)(O)O. The molecule has 1 heterocycles. The van der Waals surface area contributed by atoms with E-state index in [-0.39, 0.29) is 5.75 Å². The van der Waals surface area contributed by atoms with Gasteiger partial charge in [0.25, 0.3) is 10.1 Å². The molecule has 0 atom stereocenters. The molecule has 0 saturated heterocycles. The Morgan fingerprint density at radius 3 is 2.00 bits per heavy atom. The summed E-state index contributed by atoms with van der Waals surface area (Å²) < 4.78 is 62.5. The molecule has 1 rings (SSSR count). The number of aryl methyl sites for hydroxylation is 1. The van der Waals surface area contributed by atoms with E-state index in [1.54, 1.807) is 12.5 Å². The van der Waals surface area contributed by atoms with Crippen LogP contribution < -0.4 is 0 Å². The predicted molar refractivity (Wildman–Crippen MR) is 62.1 cm³/mol. The molecule has 3 N–H and O–H groups in total. The van der Waals surface area contributed by atoms with Gasteiger partial charge in [-0.15, -0.1) is 0 Å². The lowest BCUT2D eigenvalue weighted by molar-refractivity contribution is 0.381. The van der Waals surface area contributed by atoms with E-state index < -0.39 is 20.5 Å². The number of unbranched alkanes of at least 4 members (excludes halogenated alkanes) is 1. The van der Waals surface area contributed by atoms with E-state index >= 15 is 0 Å². The number of rotatable bonds is 5. The van der Waals surface area contributed by atoms with E-state index in [1.165, 1.54) is 0 Å². The number of hydrogen-bond acceptors (Lipinski definition) is 5. The molecule has 0 bridgehead atoms. The summed E-state index contributed by atoms with van der Waals surface area (Å²) in [7, 11) is -8.46. The lowest BCUT2D eigenvalue weighted by Gasteiger charge is -2.00. The molecule has 0 fully saturated rings. The largest absolute Gasteiger partial charge is 0.394 e. The molecule has 0 radical (unpaired) electrons. The van der Waals surface area contributed by atoms with Crippen LogP contribution in [0.15, 0.2) is 18.7 Å². The third-order valence-corrected chi connectivity index (χ3v) is 2.43. The summed E-state index contributed by atoms with van der Waals surface area (Å²) in [5.41, 5.74) is 0. The first-order chi connectivity index (χ1) is 8.08. The fourth-order valence-corrected chi connectivity index (χ4v) is 1.57. The summed E-state index contributed by atoms with van der Waals surface area (Å²) in [6, 6.07) is 0. The van der Waals surface area contributed by atoms with Gasteiger partial charge in [0.15, 0.2) is 0 Å². The van der Waals surface area contributed by atoms with Gasteiger partial charge in [0.1, 0.15) is 0 Å². The number of aromatic nitrogens is 2. The molecule has 9 nitrogen and oxygen atoms in total. The summed E-state index contributed by atoms with van der Waals surface area (Å²) in [5.74, 6) is -0.165. The molecular weight excluding hydrogens is 288 g/mol. The second kappa shape index (κ2) is 7.43. The zero-order valence-corrected chi connectivity index (χ0v) is 10.9. The molecule has 11 heteroatoms. The van der Waals surface area contributed by atoms with Crippen LogP contribution >= 0.6 is 0 Å². The van der Waals surface area contributed by atoms with Crippen LogP contribution in [-0.2, 0) is 27.1 Å². The molecule has 0 spiro atoms. The average Bonchev–Trinajstić information content (AvgIpc) is 2.60. The Morgan fingerprint density at radius 2 is 1.61 bits per heavy atom. The Balaban J connectivity index is 0.000000494. The van der Waals surface area contributed by atoms with E-state index in [1.807, 2.05) is 10.8 Å². The third-order valence-electron chi connectivity index (χ3n) is 1.63. The number of nitrogens with zero attached hydrogens (tertiary/aromatic N) is 2. The van der Waals surface area contributed by atoms with Gasteiger partial charge in [0, 0.05) is 18.9 Å². The van der Waals surface area contributed by atoms with Gasteiger partial charge in [-0.2, -0.15) is 16.8 Å². The Hall–Kier alpha value is -1.01. The standard InChI is InChI=1S/C7H12N2O3S.H2O4S/c10-13(11,12)6-2-1-4-9-5-3-8-7-9;1-5(2,3)4/h3,5,7H,1-2,4,6H2,(H,10,11,12);(H2,1,2,3,4). The van der Waals surface area contributed by atoms with E-state index in [4.69, 9.17) is 22.1 Å². The summed E-state index contributed by atoms with van der Waals surface area (Å²) in [4.78, 5) is 3.85. The van der Waals surface area contributed by atoms with Gasteiger partial charge in [0.05, 0.1) is 12.1 Å². The van der Waals surface area contributed by atoms with Crippen molar-refractivity contribution in [2.75, 3.05) is 5.75 Å². The lowest BCUT2D eigenvalue weighted by Crippen LogP contribution is -2.05. The van der Waals surface area contributed by atoms with E-state index in [0.29, 0.717) is 6.42 Å². The van der Waals surface area contributed by atoms with Gasteiger partial charge in [-0.1, -0.05) is 0 Å². The predicted octanol–water partition coefficient (Wildman–Crippen LogP) is -0.102. The number of hydrogen-bond donors (Lipinski definition) is 3. The maximum absolute atomic E-state index is 10.3. The Labute approximate surface area is 105 Å². The molecule has 106 valence electrons. The fraction of sp³-hybridized carbons (Fsp3) is 0.571. The normalized spacial score (nSPS) is 11.7. The van der Waals surface area contributed by atoms with Gasteiger partial charge in [-0.3, -0.25) is 13.7 Å². The van der Waals surface area contributed by atoms with Crippen molar-refractivity contribution < 1.29 is 30.5 Å². The first-order valence-electron chi connectivity index (χ1n) is 4.69. The van der Waals surface area contributed by atoms with E-state index in [0.717, 1.165) is 13.0 Å². The first-order valence-corrected chi connectivity index (χ1v) is 7.69. The zero-order valence-electron chi connectivity index (χ0n) is 9.25. The smallest absolute Gasteiger partial charge is 0.337 e. The quantitative estimate of drug-likeness (QED) is 0.504. The summed E-state index contributed by atoms with van der Waals surface area (Å²) in [6.07, 6.45) is 6.34. The third kappa shape index (κ3) is 15.0. The zero-order chi connectivity index (χ0) is 14.2. The van der Waals surface area contributed by atoms with Gasteiger partial charge in [0.2, 0.25) is 0 Å². The molecular formula is C7H14N2O7S2. The van der Waals surface area contributed by atoms with Crippen LogP contribution in [0.1, 0.15) is 12.8 Å². The van der Waals surface area contributed by atoms with Crippen LogP contribution in [0.5, 0.6) is 0 Å². The minimum Gasteiger partial charge on any atom is -0.337 e. The fourth-order valence-electron chi connectivity index (χ4n) is 0.998. The molecule has 1 aromatic rings. The van der Waals surface area contributed by atoms with Crippen LogP contribution in [-0.4, -0.2) is 45.8 Å². The average molecular weight is 302 g/mol. The highest BCUT2D eigenvalue weighted by Gasteiger charge is 2.02. The van der Waals surface area contributed by atoms with Crippen LogP contribution in [0.3, 0.4) is 0 Å². The van der Waals surface area contributed by atoms with Crippen LogP contribution in [0.25, 0.3) is 0 Å². The summed E-state index contributed by atoms with van der Waals surface area (Å²) in [5, 5.41) is 0. The molecule has 0 aromatic carbocycles. The minimum atomic E-state index is -4.67. The molecule has 18 heavy (non-hydrogen) atoms. The molecule has 0 aliphatic rings. The van der Waals surface area contributed by atoms with Gasteiger partial charge in [-0.25, -0.2) is 4.98 Å². The molecule has 0 unspecified atom stereocenters. The van der Waals surface area contributed by atoms with Crippen molar-refractivity contribution in [2.45, 2.75) is 19.4 Å². The van der Waals surface area contributed by atoms with E-state index in [9.17, 15) is 8.42 Å². The molecule has 1 aromatic heterocycles. The molecule has 0 amide bonds. The summed E-state index contributed by atoms with van der Waals surface area (Å²) >= 11 is 0. The Bertz CT molecular complexity index is 512.